The van der Waals surface area contributed by atoms with Crippen molar-refractivity contribution in [2.75, 3.05) is 6.61 Å². The monoisotopic (exact) mass is 874 g/mol. The van der Waals surface area contributed by atoms with Crippen molar-refractivity contribution in [3.63, 3.8) is 0 Å². The topological polar surface area (TPSA) is 95.9 Å². The van der Waals surface area contributed by atoms with E-state index in [1.165, 1.54) is 186 Å². The molecule has 0 rings (SSSR count). The third-order valence-corrected chi connectivity index (χ3v) is 12.8. The molecule has 0 saturated heterocycles. The molecule has 3 unspecified atom stereocenters. The van der Waals surface area contributed by atoms with E-state index >= 15 is 0 Å². The highest BCUT2D eigenvalue weighted by molar-refractivity contribution is 5.77. The molecule has 0 spiro atoms. The van der Waals surface area contributed by atoms with Crippen LogP contribution in [-0.4, -0.2) is 46.9 Å². The van der Waals surface area contributed by atoms with Crippen molar-refractivity contribution < 1.29 is 24.5 Å². The minimum Gasteiger partial charge on any atom is -0.462 e. The van der Waals surface area contributed by atoms with Crippen LogP contribution in [-0.2, 0) is 14.3 Å². The predicted octanol–water partition coefficient (Wildman–Crippen LogP) is 16.7. The van der Waals surface area contributed by atoms with Crippen molar-refractivity contribution >= 4 is 11.9 Å². The maximum absolute atomic E-state index is 13.2. The van der Waals surface area contributed by atoms with Gasteiger partial charge in [0.1, 0.15) is 6.10 Å². The van der Waals surface area contributed by atoms with E-state index in [0.29, 0.717) is 19.3 Å². The Kier molecular flexibility index (Phi) is 49.0. The molecule has 0 bridgehead atoms. The van der Waals surface area contributed by atoms with Gasteiger partial charge >= 0.3 is 5.97 Å². The van der Waals surface area contributed by atoms with Gasteiger partial charge in [-0.15, -0.1) is 0 Å². The van der Waals surface area contributed by atoms with Crippen molar-refractivity contribution in [3.05, 3.63) is 24.3 Å². The highest BCUT2D eigenvalue weighted by atomic mass is 16.5. The van der Waals surface area contributed by atoms with Crippen LogP contribution in [0.15, 0.2) is 24.3 Å². The molecule has 0 saturated carbocycles. The van der Waals surface area contributed by atoms with Crippen LogP contribution >= 0.6 is 0 Å². The molecular weight excluding hydrogens is 767 g/mol. The second kappa shape index (κ2) is 50.3. The smallest absolute Gasteiger partial charge is 0.306 e. The van der Waals surface area contributed by atoms with E-state index < -0.39 is 18.2 Å². The molecule has 0 aromatic heterocycles. The summed E-state index contributed by atoms with van der Waals surface area (Å²) in [5.41, 5.74) is 0. The number of esters is 1. The molecule has 0 aliphatic rings. The van der Waals surface area contributed by atoms with Gasteiger partial charge in [-0.3, -0.25) is 9.59 Å². The molecule has 0 aliphatic heterocycles. The maximum Gasteiger partial charge on any atom is 0.306 e. The summed E-state index contributed by atoms with van der Waals surface area (Å²) >= 11 is 0. The number of carbonyl (C=O) groups is 2. The third-order valence-electron chi connectivity index (χ3n) is 12.8. The Balaban J connectivity index is 4.49. The van der Waals surface area contributed by atoms with Crippen LogP contribution in [0.3, 0.4) is 0 Å². The number of ether oxygens (including phenoxy) is 1. The highest BCUT2D eigenvalue weighted by Gasteiger charge is 2.24. The fraction of sp³-hybridized carbons (Fsp3) is 0.893. The van der Waals surface area contributed by atoms with Crippen LogP contribution < -0.4 is 5.32 Å². The number of rotatable bonds is 50. The summed E-state index contributed by atoms with van der Waals surface area (Å²) in [5, 5.41) is 23.9. The van der Waals surface area contributed by atoms with Crippen molar-refractivity contribution in [3.8, 4) is 0 Å². The zero-order valence-corrected chi connectivity index (χ0v) is 41.8. The first kappa shape index (κ1) is 60.3. The molecule has 0 aromatic carbocycles. The molecular formula is C56H107NO5. The lowest BCUT2D eigenvalue weighted by molar-refractivity contribution is -0.151. The van der Waals surface area contributed by atoms with Crippen LogP contribution in [0, 0.1) is 0 Å². The van der Waals surface area contributed by atoms with E-state index in [1.54, 1.807) is 0 Å². The number of aliphatic hydroxyl groups excluding tert-OH is 2. The fourth-order valence-corrected chi connectivity index (χ4v) is 8.65. The first-order valence-electron chi connectivity index (χ1n) is 27.6. The molecule has 0 radical (unpaired) electrons. The highest BCUT2D eigenvalue weighted by Crippen LogP contribution is 2.19. The predicted molar refractivity (Wildman–Crippen MR) is 269 cm³/mol. The molecule has 0 aliphatic carbocycles. The molecule has 366 valence electrons. The van der Waals surface area contributed by atoms with Gasteiger partial charge < -0.3 is 20.3 Å². The largest absolute Gasteiger partial charge is 0.462 e. The first-order chi connectivity index (χ1) is 30.5. The van der Waals surface area contributed by atoms with Gasteiger partial charge in [0.25, 0.3) is 0 Å². The first-order valence-corrected chi connectivity index (χ1v) is 27.6. The number of hydrogen-bond donors (Lipinski definition) is 3. The third kappa shape index (κ3) is 44.9. The Hall–Kier alpha value is -1.66. The fourth-order valence-electron chi connectivity index (χ4n) is 8.65. The quantitative estimate of drug-likeness (QED) is 0.0321. The van der Waals surface area contributed by atoms with E-state index in [4.69, 9.17) is 4.74 Å². The minimum absolute atomic E-state index is 0.0803. The van der Waals surface area contributed by atoms with Crippen molar-refractivity contribution in [2.45, 2.75) is 315 Å². The average Bonchev–Trinajstić information content (AvgIpc) is 3.26. The Labute approximate surface area is 386 Å². The van der Waals surface area contributed by atoms with Crippen LogP contribution in [0.1, 0.15) is 297 Å². The van der Waals surface area contributed by atoms with E-state index in [0.717, 1.165) is 64.2 Å². The van der Waals surface area contributed by atoms with E-state index in [-0.39, 0.29) is 24.9 Å². The summed E-state index contributed by atoms with van der Waals surface area (Å²) in [5.74, 6) is -0.466. The lowest BCUT2D eigenvalue weighted by Gasteiger charge is -2.24. The van der Waals surface area contributed by atoms with Gasteiger partial charge in [-0.25, -0.2) is 0 Å². The number of allylic oxidation sites excluding steroid dienone is 4. The van der Waals surface area contributed by atoms with E-state index in [2.05, 4.69) is 50.4 Å². The Morgan fingerprint density at radius 1 is 0.484 bits per heavy atom. The molecule has 6 nitrogen and oxygen atoms in total. The SMILES string of the molecule is CC/C=C/C/C=C/CCCCCCCCCC(=O)OC(CCCCCCCCCCCCCCC)CC(=O)NC(CO)C(O)CCCCCCCCCCCCCCCCCC. The van der Waals surface area contributed by atoms with Crippen molar-refractivity contribution in [2.24, 2.45) is 0 Å². The number of amides is 1. The molecule has 1 amide bonds. The number of carbonyl (C=O) groups excluding carboxylic acids is 2. The van der Waals surface area contributed by atoms with Crippen molar-refractivity contribution in [1.82, 2.24) is 5.32 Å². The minimum atomic E-state index is -0.785. The van der Waals surface area contributed by atoms with Gasteiger partial charge in [0.05, 0.1) is 25.2 Å². The zero-order chi connectivity index (χ0) is 45.2. The molecule has 3 atom stereocenters. The molecule has 6 heteroatoms. The van der Waals surface area contributed by atoms with Gasteiger partial charge in [0.2, 0.25) is 5.91 Å². The summed E-state index contributed by atoms with van der Waals surface area (Å²) in [6.45, 7) is 6.41. The lowest BCUT2D eigenvalue weighted by atomic mass is 10.0. The van der Waals surface area contributed by atoms with Gasteiger partial charge in [-0.2, -0.15) is 0 Å². The van der Waals surface area contributed by atoms with Gasteiger partial charge in [-0.05, 0) is 51.4 Å². The van der Waals surface area contributed by atoms with Crippen LogP contribution in [0.5, 0.6) is 0 Å². The second-order valence-corrected chi connectivity index (χ2v) is 19.0. The molecule has 0 aromatic rings. The molecule has 62 heavy (non-hydrogen) atoms. The number of nitrogens with one attached hydrogen (secondary N) is 1. The van der Waals surface area contributed by atoms with E-state index in [9.17, 15) is 19.8 Å². The van der Waals surface area contributed by atoms with Crippen molar-refractivity contribution in [1.29, 1.82) is 0 Å². The second-order valence-electron chi connectivity index (χ2n) is 19.0. The Morgan fingerprint density at radius 2 is 0.871 bits per heavy atom. The summed E-state index contributed by atoms with van der Waals surface area (Å²) in [4.78, 5) is 26.2. The normalized spacial score (nSPS) is 13.3. The van der Waals surface area contributed by atoms with E-state index in [1.807, 2.05) is 0 Å². The number of aliphatic hydroxyl groups is 2. The molecule has 0 heterocycles. The molecule has 0 fully saturated rings. The summed E-state index contributed by atoms with van der Waals surface area (Å²) in [7, 11) is 0. The Morgan fingerprint density at radius 3 is 1.31 bits per heavy atom. The lowest BCUT2D eigenvalue weighted by Crippen LogP contribution is -2.46. The number of unbranched alkanes of at least 4 members (excludes halogenated alkanes) is 34. The van der Waals surface area contributed by atoms with Crippen LogP contribution in [0.25, 0.3) is 0 Å². The summed E-state index contributed by atoms with van der Waals surface area (Å²) in [6, 6.07) is -0.698. The van der Waals surface area contributed by atoms with Gasteiger partial charge in [0.15, 0.2) is 0 Å². The van der Waals surface area contributed by atoms with Crippen LogP contribution in [0.2, 0.25) is 0 Å². The Bertz CT molecular complexity index is 981. The number of hydrogen-bond acceptors (Lipinski definition) is 5. The van der Waals surface area contributed by atoms with Crippen LogP contribution in [0.4, 0.5) is 0 Å². The van der Waals surface area contributed by atoms with Gasteiger partial charge in [0, 0.05) is 6.42 Å². The van der Waals surface area contributed by atoms with Gasteiger partial charge in [-0.1, -0.05) is 257 Å². The zero-order valence-electron chi connectivity index (χ0n) is 41.8. The standard InChI is InChI=1S/C56H107NO5/c1-4-7-10-13-16-19-22-25-27-28-30-33-36-39-42-45-48-54(59)53(51-58)57-55(60)50-52(47-44-41-38-35-32-29-24-21-18-15-12-9-6-3)62-56(61)49-46-43-40-37-34-31-26-23-20-17-14-11-8-5-2/h8,11,17,20,52-54,58-59H,4-7,9-10,12-16,18-19,21-51H2,1-3H3,(H,57,60)/b11-8+,20-17+. The summed E-state index contributed by atoms with van der Waals surface area (Å²) in [6.07, 6.45) is 58.1. The summed E-state index contributed by atoms with van der Waals surface area (Å²) < 4.78 is 5.95. The average molecular weight is 874 g/mol. The maximum atomic E-state index is 13.2. The molecule has 3 N–H and O–H groups in total.